The zero-order chi connectivity index (χ0) is 9.97. The largest absolute Gasteiger partial charge is 0.316 e. The van der Waals surface area contributed by atoms with Gasteiger partial charge in [-0.15, -0.1) is 11.3 Å². The van der Waals surface area contributed by atoms with E-state index >= 15 is 0 Å². The molecule has 1 N–H and O–H groups in total. The quantitative estimate of drug-likeness (QED) is 0.861. The van der Waals surface area contributed by atoms with Gasteiger partial charge in [0.1, 0.15) is 4.34 Å². The van der Waals surface area contributed by atoms with Crippen LogP contribution in [0.2, 0.25) is 0 Å². The van der Waals surface area contributed by atoms with Crippen LogP contribution < -0.4 is 5.32 Å². The van der Waals surface area contributed by atoms with Crippen molar-refractivity contribution in [2.75, 3.05) is 7.05 Å². The molecule has 78 valence electrons. The molecule has 2 nitrogen and oxygen atoms in total. The summed E-state index contributed by atoms with van der Waals surface area (Å²) in [5, 5.41) is 6.26. The Hall–Kier alpha value is -0.0600. The van der Waals surface area contributed by atoms with Crippen LogP contribution in [0.3, 0.4) is 0 Å². The Morgan fingerprint density at radius 2 is 2.43 bits per heavy atom. The van der Waals surface area contributed by atoms with Crippen LogP contribution in [0.4, 0.5) is 0 Å². The fourth-order valence-corrected chi connectivity index (χ4v) is 4.35. The molecule has 1 fully saturated rings. The Balaban J connectivity index is 1.96. The summed E-state index contributed by atoms with van der Waals surface area (Å²) >= 11 is 3.72. The van der Waals surface area contributed by atoms with Gasteiger partial charge in [0.15, 0.2) is 0 Å². The van der Waals surface area contributed by atoms with E-state index in [1.54, 1.807) is 11.3 Å². The average molecular weight is 228 g/mol. The summed E-state index contributed by atoms with van der Waals surface area (Å²) in [7, 11) is 2.07. The molecule has 1 saturated carbocycles. The molecule has 2 unspecified atom stereocenters. The van der Waals surface area contributed by atoms with Crippen LogP contribution in [-0.4, -0.2) is 23.3 Å². The lowest BCUT2D eigenvalue weighted by molar-refractivity contribution is 0.591. The van der Waals surface area contributed by atoms with Crippen LogP contribution in [0.15, 0.2) is 9.72 Å². The number of nitrogens with one attached hydrogen (secondary N) is 1. The van der Waals surface area contributed by atoms with Crippen molar-refractivity contribution in [3.8, 4) is 0 Å². The van der Waals surface area contributed by atoms with E-state index in [1.165, 1.54) is 23.6 Å². The van der Waals surface area contributed by atoms with Crippen LogP contribution in [0.5, 0.6) is 0 Å². The van der Waals surface area contributed by atoms with Gasteiger partial charge in [0, 0.05) is 22.4 Å². The monoisotopic (exact) mass is 228 g/mol. The minimum atomic E-state index is 0.684. The highest BCUT2D eigenvalue weighted by Crippen LogP contribution is 2.36. The maximum absolute atomic E-state index is 4.50. The molecule has 0 amide bonds. The molecule has 2 rings (SSSR count). The first-order chi connectivity index (χ1) is 6.79. The molecular formula is C10H16N2S2. The van der Waals surface area contributed by atoms with Crippen molar-refractivity contribution in [1.82, 2.24) is 10.3 Å². The zero-order valence-corrected chi connectivity index (χ0v) is 10.3. The first kappa shape index (κ1) is 10.5. The van der Waals surface area contributed by atoms with E-state index in [0.717, 1.165) is 10.9 Å². The molecule has 2 atom stereocenters. The van der Waals surface area contributed by atoms with Gasteiger partial charge in [0.05, 0.1) is 0 Å². The Bertz CT molecular complexity index is 298. The summed E-state index contributed by atoms with van der Waals surface area (Å²) in [6.45, 7) is 2.06. The minimum absolute atomic E-state index is 0.684. The summed E-state index contributed by atoms with van der Waals surface area (Å²) in [5.41, 5.74) is 1.15. The lowest BCUT2D eigenvalue weighted by Crippen LogP contribution is -2.30. The number of thioether (sulfide) groups is 1. The van der Waals surface area contributed by atoms with Gasteiger partial charge in [0.25, 0.3) is 0 Å². The zero-order valence-electron chi connectivity index (χ0n) is 8.62. The van der Waals surface area contributed by atoms with E-state index in [9.17, 15) is 0 Å². The molecule has 1 aliphatic carbocycles. The van der Waals surface area contributed by atoms with Gasteiger partial charge in [-0.3, -0.25) is 0 Å². The third kappa shape index (κ3) is 2.30. The standard InChI is InChI=1S/C10H16N2S2/c1-7-6-13-10(12-7)14-9-5-3-4-8(9)11-2/h6,8-9,11H,3-5H2,1-2H3. The van der Waals surface area contributed by atoms with Gasteiger partial charge in [-0.1, -0.05) is 18.2 Å². The van der Waals surface area contributed by atoms with E-state index in [0.29, 0.717) is 6.04 Å². The van der Waals surface area contributed by atoms with E-state index in [2.05, 4.69) is 29.7 Å². The predicted molar refractivity (Wildman–Crippen MR) is 63.2 cm³/mol. The summed E-state index contributed by atoms with van der Waals surface area (Å²) in [5.74, 6) is 0. The molecule has 1 aromatic heterocycles. The second-order valence-corrected chi connectivity index (χ2v) is 6.08. The van der Waals surface area contributed by atoms with Crippen LogP contribution in [0, 0.1) is 6.92 Å². The van der Waals surface area contributed by atoms with Crippen molar-refractivity contribution in [2.24, 2.45) is 0 Å². The summed E-state index contributed by atoms with van der Waals surface area (Å²) in [4.78, 5) is 4.50. The van der Waals surface area contributed by atoms with Gasteiger partial charge >= 0.3 is 0 Å². The van der Waals surface area contributed by atoms with Crippen LogP contribution >= 0.6 is 23.1 Å². The van der Waals surface area contributed by atoms with Crippen LogP contribution in [0.1, 0.15) is 25.0 Å². The average Bonchev–Trinajstić information content (AvgIpc) is 2.76. The Kier molecular flexibility index (Phi) is 3.47. The fourth-order valence-electron chi connectivity index (χ4n) is 1.91. The fraction of sp³-hybridized carbons (Fsp3) is 0.700. The van der Waals surface area contributed by atoms with Crippen molar-refractivity contribution in [2.45, 2.75) is 41.8 Å². The molecule has 14 heavy (non-hydrogen) atoms. The second-order valence-electron chi connectivity index (χ2n) is 3.74. The Labute approximate surface area is 93.5 Å². The minimum Gasteiger partial charge on any atom is -0.316 e. The van der Waals surface area contributed by atoms with E-state index < -0.39 is 0 Å². The first-order valence-electron chi connectivity index (χ1n) is 5.05. The van der Waals surface area contributed by atoms with Gasteiger partial charge < -0.3 is 5.32 Å². The molecule has 0 saturated heterocycles. The molecular weight excluding hydrogens is 212 g/mol. The van der Waals surface area contributed by atoms with Crippen molar-refractivity contribution in [3.05, 3.63) is 11.1 Å². The maximum atomic E-state index is 4.50. The van der Waals surface area contributed by atoms with Crippen LogP contribution in [0.25, 0.3) is 0 Å². The van der Waals surface area contributed by atoms with Crippen molar-refractivity contribution in [3.63, 3.8) is 0 Å². The number of nitrogens with zero attached hydrogens (tertiary/aromatic N) is 1. The molecule has 0 aromatic carbocycles. The lowest BCUT2D eigenvalue weighted by atomic mass is 10.2. The van der Waals surface area contributed by atoms with Gasteiger partial charge in [-0.25, -0.2) is 4.98 Å². The summed E-state index contributed by atoms with van der Waals surface area (Å²) < 4.78 is 1.23. The SMILES string of the molecule is CNC1CCCC1Sc1nc(C)cs1. The normalized spacial score (nSPS) is 27.0. The molecule has 1 heterocycles. The van der Waals surface area contributed by atoms with Gasteiger partial charge in [0.2, 0.25) is 0 Å². The highest BCUT2D eigenvalue weighted by Gasteiger charge is 2.27. The molecule has 0 radical (unpaired) electrons. The molecule has 4 heteroatoms. The van der Waals surface area contributed by atoms with E-state index in [1.807, 2.05) is 11.8 Å². The topological polar surface area (TPSA) is 24.9 Å². The van der Waals surface area contributed by atoms with Crippen LogP contribution in [-0.2, 0) is 0 Å². The van der Waals surface area contributed by atoms with Crippen molar-refractivity contribution >= 4 is 23.1 Å². The molecule has 0 aliphatic heterocycles. The van der Waals surface area contributed by atoms with Crippen molar-refractivity contribution in [1.29, 1.82) is 0 Å². The number of hydrogen-bond donors (Lipinski definition) is 1. The highest BCUT2D eigenvalue weighted by atomic mass is 32.2. The molecule has 0 bridgehead atoms. The van der Waals surface area contributed by atoms with E-state index in [4.69, 9.17) is 0 Å². The Morgan fingerprint density at radius 3 is 3.07 bits per heavy atom. The summed E-state index contributed by atoms with van der Waals surface area (Å²) in [6, 6.07) is 0.684. The van der Waals surface area contributed by atoms with Gasteiger partial charge in [-0.2, -0.15) is 0 Å². The second kappa shape index (κ2) is 4.64. The first-order valence-corrected chi connectivity index (χ1v) is 6.81. The maximum Gasteiger partial charge on any atom is 0.150 e. The molecule has 1 aromatic rings. The lowest BCUT2D eigenvalue weighted by Gasteiger charge is -2.16. The molecule has 0 spiro atoms. The Morgan fingerprint density at radius 1 is 1.57 bits per heavy atom. The highest BCUT2D eigenvalue weighted by molar-refractivity contribution is 8.01. The number of hydrogen-bond acceptors (Lipinski definition) is 4. The van der Waals surface area contributed by atoms with E-state index in [-0.39, 0.29) is 0 Å². The predicted octanol–water partition coefficient (Wildman–Crippen LogP) is 2.68. The third-order valence-electron chi connectivity index (χ3n) is 2.67. The number of thiazole rings is 1. The number of aromatic nitrogens is 1. The number of aryl methyl sites for hydroxylation is 1. The van der Waals surface area contributed by atoms with Crippen molar-refractivity contribution < 1.29 is 0 Å². The smallest absolute Gasteiger partial charge is 0.150 e. The molecule has 1 aliphatic rings. The number of rotatable bonds is 3. The third-order valence-corrected chi connectivity index (χ3v) is 5.16. The van der Waals surface area contributed by atoms with Gasteiger partial charge in [-0.05, 0) is 26.8 Å². The summed E-state index contributed by atoms with van der Waals surface area (Å²) in [6.07, 6.45) is 4.00.